The second kappa shape index (κ2) is 6.41. The Labute approximate surface area is 115 Å². The Balaban J connectivity index is 1.78. The van der Waals surface area contributed by atoms with Gasteiger partial charge in [-0.2, -0.15) is 0 Å². The van der Waals surface area contributed by atoms with Crippen LogP contribution in [0.15, 0.2) is 18.2 Å². The number of nitrogens with zero attached hydrogens (tertiary/aromatic N) is 2. The summed E-state index contributed by atoms with van der Waals surface area (Å²) in [5, 5.41) is 0.637. The van der Waals surface area contributed by atoms with Crippen LogP contribution in [0.5, 0.6) is 0 Å². The van der Waals surface area contributed by atoms with Crippen molar-refractivity contribution in [3.63, 3.8) is 0 Å². The van der Waals surface area contributed by atoms with E-state index in [0.29, 0.717) is 10.7 Å². The number of halogens is 1. The molecule has 4 heteroatoms. The predicted molar refractivity (Wildman–Crippen MR) is 77.9 cm³/mol. The lowest BCUT2D eigenvalue weighted by Crippen LogP contribution is -2.31. The van der Waals surface area contributed by atoms with Gasteiger partial charge in [0.15, 0.2) is 0 Å². The van der Waals surface area contributed by atoms with Crippen LogP contribution in [0.3, 0.4) is 0 Å². The second-order valence-electron chi connectivity index (χ2n) is 5.14. The first-order valence-corrected chi connectivity index (χ1v) is 6.98. The molecule has 0 aromatic heterocycles. The van der Waals surface area contributed by atoms with Gasteiger partial charge in [-0.15, -0.1) is 0 Å². The molecule has 1 saturated heterocycles. The molecule has 1 aliphatic heterocycles. The van der Waals surface area contributed by atoms with E-state index in [2.05, 4.69) is 16.8 Å². The van der Waals surface area contributed by atoms with Crippen LogP contribution >= 0.6 is 11.6 Å². The van der Waals surface area contributed by atoms with Crippen LogP contribution in [-0.4, -0.2) is 43.0 Å². The van der Waals surface area contributed by atoms with Crippen LogP contribution in [0, 0.1) is 0 Å². The van der Waals surface area contributed by atoms with Gasteiger partial charge in [0, 0.05) is 19.6 Å². The summed E-state index contributed by atoms with van der Waals surface area (Å²) in [7, 11) is 2.15. The van der Waals surface area contributed by atoms with E-state index in [-0.39, 0.29) is 0 Å². The van der Waals surface area contributed by atoms with Crippen molar-refractivity contribution >= 4 is 17.3 Å². The van der Waals surface area contributed by atoms with Crippen molar-refractivity contribution < 1.29 is 0 Å². The largest absolute Gasteiger partial charge is 0.398 e. The molecule has 0 atom stereocenters. The minimum absolute atomic E-state index is 0.637. The van der Waals surface area contributed by atoms with E-state index in [1.54, 1.807) is 0 Å². The summed E-state index contributed by atoms with van der Waals surface area (Å²) in [5.41, 5.74) is 7.70. The number of nitrogen functional groups attached to an aromatic ring is 1. The number of nitrogens with two attached hydrogens (primary N) is 1. The fourth-order valence-electron chi connectivity index (χ4n) is 2.40. The van der Waals surface area contributed by atoms with Crippen LogP contribution < -0.4 is 5.73 Å². The maximum Gasteiger partial charge on any atom is 0.0635 e. The molecule has 2 N–H and O–H groups in total. The van der Waals surface area contributed by atoms with Gasteiger partial charge in [-0.05, 0) is 50.7 Å². The number of benzene rings is 1. The van der Waals surface area contributed by atoms with Crippen molar-refractivity contribution in [3.05, 3.63) is 28.8 Å². The summed E-state index contributed by atoms with van der Waals surface area (Å²) in [6.45, 7) is 5.72. The summed E-state index contributed by atoms with van der Waals surface area (Å²) in [4.78, 5) is 4.87. The molecule has 0 saturated carbocycles. The Morgan fingerprint density at radius 2 is 2.06 bits per heavy atom. The first kappa shape index (κ1) is 13.7. The minimum atomic E-state index is 0.637. The smallest absolute Gasteiger partial charge is 0.0635 e. The van der Waals surface area contributed by atoms with Crippen molar-refractivity contribution in [2.24, 2.45) is 0 Å². The predicted octanol–water partition coefficient (Wildman–Crippen LogP) is 2.45. The van der Waals surface area contributed by atoms with Crippen molar-refractivity contribution in [2.45, 2.75) is 19.4 Å². The normalized spacial score (nSPS) is 16.6. The average molecular weight is 268 g/mol. The van der Waals surface area contributed by atoms with Crippen molar-refractivity contribution in [1.82, 2.24) is 9.80 Å². The number of hydrogen-bond acceptors (Lipinski definition) is 3. The molecule has 3 nitrogen and oxygen atoms in total. The zero-order valence-corrected chi connectivity index (χ0v) is 11.8. The van der Waals surface area contributed by atoms with Gasteiger partial charge >= 0.3 is 0 Å². The highest BCUT2D eigenvalue weighted by Gasteiger charge is 2.11. The fraction of sp³-hybridized carbons (Fsp3) is 0.571. The molecule has 1 heterocycles. The number of likely N-dealkylation sites (tertiary alicyclic amines) is 1. The van der Waals surface area contributed by atoms with Gasteiger partial charge in [0.2, 0.25) is 0 Å². The van der Waals surface area contributed by atoms with Crippen molar-refractivity contribution in [3.8, 4) is 0 Å². The monoisotopic (exact) mass is 267 g/mol. The average Bonchev–Trinajstić information content (AvgIpc) is 2.84. The Hall–Kier alpha value is -0.770. The maximum absolute atomic E-state index is 5.92. The van der Waals surface area contributed by atoms with E-state index >= 15 is 0 Å². The summed E-state index contributed by atoms with van der Waals surface area (Å²) >= 11 is 5.92. The Morgan fingerprint density at radius 3 is 2.72 bits per heavy atom. The molecule has 18 heavy (non-hydrogen) atoms. The molecule has 0 amide bonds. The summed E-state index contributed by atoms with van der Waals surface area (Å²) < 4.78 is 0. The molecule has 1 aromatic rings. The zero-order valence-electron chi connectivity index (χ0n) is 11.0. The van der Waals surface area contributed by atoms with Crippen molar-refractivity contribution in [1.29, 1.82) is 0 Å². The van der Waals surface area contributed by atoms with E-state index in [1.165, 1.54) is 38.0 Å². The number of anilines is 1. The first-order chi connectivity index (χ1) is 8.65. The van der Waals surface area contributed by atoms with Gasteiger partial charge in [-0.3, -0.25) is 0 Å². The lowest BCUT2D eigenvalue weighted by Gasteiger charge is -2.21. The highest BCUT2D eigenvalue weighted by atomic mass is 35.5. The molecular weight excluding hydrogens is 246 g/mol. The van der Waals surface area contributed by atoms with E-state index in [9.17, 15) is 0 Å². The molecule has 2 rings (SSSR count). The molecule has 0 unspecified atom stereocenters. The van der Waals surface area contributed by atoms with E-state index in [4.69, 9.17) is 17.3 Å². The fourth-order valence-corrected chi connectivity index (χ4v) is 2.52. The highest BCUT2D eigenvalue weighted by molar-refractivity contribution is 6.33. The van der Waals surface area contributed by atoms with E-state index in [0.717, 1.165) is 13.1 Å². The third-order valence-corrected chi connectivity index (χ3v) is 3.85. The first-order valence-electron chi connectivity index (χ1n) is 6.60. The van der Waals surface area contributed by atoms with E-state index in [1.807, 2.05) is 18.2 Å². The van der Waals surface area contributed by atoms with Crippen LogP contribution in [0.4, 0.5) is 5.69 Å². The van der Waals surface area contributed by atoms with Gasteiger partial charge in [-0.25, -0.2) is 0 Å². The number of hydrogen-bond donors (Lipinski definition) is 1. The molecule has 1 fully saturated rings. The van der Waals surface area contributed by atoms with Crippen molar-refractivity contribution in [2.75, 3.05) is 39.0 Å². The van der Waals surface area contributed by atoms with Gasteiger partial charge in [0.1, 0.15) is 0 Å². The number of rotatable bonds is 5. The van der Waals surface area contributed by atoms with Gasteiger partial charge in [0.25, 0.3) is 0 Å². The van der Waals surface area contributed by atoms with E-state index < -0.39 is 0 Å². The highest BCUT2D eigenvalue weighted by Crippen LogP contribution is 2.20. The second-order valence-corrected chi connectivity index (χ2v) is 5.55. The standard InChI is InChI=1S/C14H22ClN3/c1-17(8-9-18-6-2-3-7-18)11-12-4-5-13(15)14(16)10-12/h4-5,10H,2-3,6-9,11,16H2,1H3. The quantitative estimate of drug-likeness (QED) is 0.832. The SMILES string of the molecule is CN(CCN1CCCC1)Cc1ccc(Cl)c(N)c1. The van der Waals surface area contributed by atoms with Crippen LogP contribution in [0.1, 0.15) is 18.4 Å². The summed E-state index contributed by atoms with van der Waals surface area (Å²) in [6.07, 6.45) is 2.72. The molecule has 0 aliphatic carbocycles. The van der Waals surface area contributed by atoms with Gasteiger partial charge < -0.3 is 15.5 Å². The van der Waals surface area contributed by atoms with Crippen LogP contribution in [-0.2, 0) is 6.54 Å². The molecule has 0 bridgehead atoms. The lowest BCUT2D eigenvalue weighted by atomic mass is 10.2. The third-order valence-electron chi connectivity index (χ3n) is 3.51. The molecular formula is C14H22ClN3. The molecule has 1 aliphatic rings. The maximum atomic E-state index is 5.92. The molecule has 0 spiro atoms. The minimum Gasteiger partial charge on any atom is -0.398 e. The zero-order chi connectivity index (χ0) is 13.0. The van der Waals surface area contributed by atoms with Gasteiger partial charge in [-0.1, -0.05) is 17.7 Å². The summed E-state index contributed by atoms with van der Waals surface area (Å²) in [5.74, 6) is 0. The number of likely N-dealkylation sites (N-methyl/N-ethyl adjacent to an activating group) is 1. The van der Waals surface area contributed by atoms with Crippen LogP contribution in [0.25, 0.3) is 0 Å². The third kappa shape index (κ3) is 3.87. The Kier molecular flexibility index (Phi) is 4.87. The molecule has 100 valence electrons. The molecule has 0 radical (unpaired) electrons. The topological polar surface area (TPSA) is 32.5 Å². The summed E-state index contributed by atoms with van der Waals surface area (Å²) in [6, 6.07) is 5.89. The lowest BCUT2D eigenvalue weighted by molar-refractivity contribution is 0.252. The van der Waals surface area contributed by atoms with Gasteiger partial charge in [0.05, 0.1) is 10.7 Å². The van der Waals surface area contributed by atoms with Crippen LogP contribution in [0.2, 0.25) is 5.02 Å². The Bertz CT molecular complexity index is 389. The Morgan fingerprint density at radius 1 is 1.33 bits per heavy atom. The molecule has 1 aromatic carbocycles.